The van der Waals surface area contributed by atoms with Crippen LogP contribution in [0.3, 0.4) is 0 Å². The second-order valence-corrected chi connectivity index (χ2v) is 11.9. The van der Waals surface area contributed by atoms with E-state index in [-0.39, 0.29) is 17.2 Å². The zero-order valence-electron chi connectivity index (χ0n) is 25.8. The molecule has 1 amide bonds. The van der Waals surface area contributed by atoms with Crippen LogP contribution in [-0.4, -0.2) is 42.0 Å². The molecule has 3 N–H and O–H groups in total. The van der Waals surface area contributed by atoms with Crippen LogP contribution < -0.4 is 16.0 Å². The minimum Gasteiger partial charge on any atom is -0.466 e. The third-order valence-electron chi connectivity index (χ3n) is 8.49. The lowest BCUT2D eigenvalue weighted by molar-refractivity contribution is -0.384. The molecule has 0 bridgehead atoms. The number of rotatable bonds is 11. The molecule has 1 aliphatic heterocycles. The Morgan fingerprint density at radius 2 is 1.80 bits per heavy atom. The molecule has 1 atom stereocenters. The number of nitrogens with one attached hydrogen (secondary N) is 3. The number of non-ortho nitro benzene ring substituents is 1. The van der Waals surface area contributed by atoms with E-state index in [1.54, 1.807) is 26.0 Å². The van der Waals surface area contributed by atoms with Gasteiger partial charge >= 0.3 is 5.97 Å². The molecular weight excluding hydrogens is 594 g/mol. The van der Waals surface area contributed by atoms with E-state index in [9.17, 15) is 19.7 Å². The molecule has 0 saturated heterocycles. The van der Waals surface area contributed by atoms with Crippen molar-refractivity contribution in [2.45, 2.75) is 64.7 Å². The molecule has 10 nitrogen and oxygen atoms in total. The number of carbonyl (C=O) groups excluding carboxylic acids is 2. The van der Waals surface area contributed by atoms with Crippen LogP contribution in [0.1, 0.15) is 68.7 Å². The summed E-state index contributed by atoms with van der Waals surface area (Å²) in [5.41, 5.74) is 6.57. The number of hydrogen-bond acceptors (Lipinski definition) is 8. The maximum absolute atomic E-state index is 13.6. The van der Waals surface area contributed by atoms with Crippen LogP contribution in [0.4, 0.5) is 11.4 Å². The number of fused-ring (bicyclic) bond motifs is 2. The van der Waals surface area contributed by atoms with E-state index < -0.39 is 16.8 Å². The van der Waals surface area contributed by atoms with Gasteiger partial charge in [-0.2, -0.15) is 0 Å². The first kappa shape index (κ1) is 32.0. The predicted molar refractivity (Wildman–Crippen MR) is 175 cm³/mol. The first-order chi connectivity index (χ1) is 21.7. The van der Waals surface area contributed by atoms with Gasteiger partial charge in [0.2, 0.25) is 5.91 Å². The largest absolute Gasteiger partial charge is 0.466 e. The maximum Gasteiger partial charge on any atom is 0.336 e. The zero-order valence-corrected chi connectivity index (χ0v) is 26.6. The Kier molecular flexibility index (Phi) is 10.0. The van der Waals surface area contributed by atoms with Crippen LogP contribution in [0.5, 0.6) is 0 Å². The van der Waals surface area contributed by atoms with Gasteiger partial charge in [0.15, 0.2) is 0 Å². The number of allylic oxidation sites excluding steroid dienone is 2. The monoisotopic (exact) mass is 631 g/mol. The van der Waals surface area contributed by atoms with E-state index in [4.69, 9.17) is 21.3 Å². The lowest BCUT2D eigenvalue weighted by Gasteiger charge is -2.30. The fourth-order valence-electron chi connectivity index (χ4n) is 6.36. The van der Waals surface area contributed by atoms with Crippen molar-refractivity contribution in [3.63, 3.8) is 0 Å². The Hall–Kier alpha value is -4.44. The maximum atomic E-state index is 13.6. The number of halogens is 1. The van der Waals surface area contributed by atoms with E-state index in [2.05, 4.69) is 16.0 Å². The number of nitro groups is 1. The highest BCUT2D eigenvalue weighted by atomic mass is 35.5. The molecule has 11 heteroatoms. The number of anilines is 1. The van der Waals surface area contributed by atoms with Gasteiger partial charge in [-0.3, -0.25) is 19.9 Å². The first-order valence-corrected chi connectivity index (χ1v) is 15.7. The minimum absolute atomic E-state index is 0.122. The number of benzene rings is 2. The molecule has 1 aromatic heterocycles. The number of hydrogen-bond donors (Lipinski definition) is 3. The van der Waals surface area contributed by atoms with Gasteiger partial charge in [0, 0.05) is 64.0 Å². The molecule has 2 heterocycles. The van der Waals surface area contributed by atoms with Crippen LogP contribution in [-0.2, 0) is 27.2 Å². The molecule has 1 unspecified atom stereocenters. The minimum atomic E-state index is -0.821. The Bertz CT molecular complexity index is 1720. The molecule has 45 heavy (non-hydrogen) atoms. The third kappa shape index (κ3) is 6.96. The van der Waals surface area contributed by atoms with Crippen molar-refractivity contribution < 1.29 is 19.2 Å². The highest BCUT2D eigenvalue weighted by Gasteiger charge is 2.37. The Labute approximate surface area is 267 Å². The summed E-state index contributed by atoms with van der Waals surface area (Å²) in [4.78, 5) is 42.4. The van der Waals surface area contributed by atoms with Crippen LogP contribution in [0, 0.1) is 10.1 Å². The van der Waals surface area contributed by atoms with E-state index in [1.165, 1.54) is 24.8 Å². The van der Waals surface area contributed by atoms with E-state index in [0.29, 0.717) is 34.1 Å². The van der Waals surface area contributed by atoms with Crippen molar-refractivity contribution in [3.8, 4) is 0 Å². The number of unbranched alkanes of at least 4 members (excludes halogenated alkanes) is 2. The zero-order chi connectivity index (χ0) is 32.1. The fraction of sp³-hybridized carbons (Fsp3) is 0.382. The normalized spacial score (nSPS) is 16.2. The predicted octanol–water partition coefficient (Wildman–Crippen LogP) is 6.48. The standard InChI is InChI=1S/C34H38ClN5O5/c1-20-29(31(30(21(2)38-20)34(42)45-3)22-10-9-11-24(18-22)40(43)44)33(41)37-17-8-4-7-16-36-32-25-12-5-6-13-27(25)39-28-19-23(35)14-15-26(28)32/h9-11,14-15,18-19,31,38H,4-8,12-13,16-17H2,1-3H3,(H,36,39)(H,37,41). The van der Waals surface area contributed by atoms with Crippen LogP contribution in [0.15, 0.2) is 65.0 Å². The molecule has 2 aromatic carbocycles. The van der Waals surface area contributed by atoms with Gasteiger partial charge in [0.05, 0.1) is 29.0 Å². The Morgan fingerprint density at radius 1 is 1.04 bits per heavy atom. The van der Waals surface area contributed by atoms with Crippen molar-refractivity contribution in [1.29, 1.82) is 0 Å². The summed E-state index contributed by atoms with van der Waals surface area (Å²) >= 11 is 6.26. The van der Waals surface area contributed by atoms with Crippen molar-refractivity contribution >= 4 is 45.8 Å². The summed E-state index contributed by atoms with van der Waals surface area (Å²) in [6.45, 7) is 4.72. The quantitative estimate of drug-likeness (QED) is 0.0947. The van der Waals surface area contributed by atoms with Crippen LogP contribution in [0.2, 0.25) is 5.02 Å². The first-order valence-electron chi connectivity index (χ1n) is 15.3. The Morgan fingerprint density at radius 3 is 2.58 bits per heavy atom. The number of dihydropyridines is 1. The second-order valence-electron chi connectivity index (χ2n) is 11.5. The lowest BCUT2D eigenvalue weighted by Crippen LogP contribution is -2.36. The molecule has 2 aliphatic rings. The number of esters is 1. The third-order valence-corrected chi connectivity index (χ3v) is 8.73. The number of methoxy groups -OCH3 is 1. The number of carbonyl (C=O) groups is 2. The van der Waals surface area contributed by atoms with Crippen LogP contribution in [0.25, 0.3) is 10.9 Å². The van der Waals surface area contributed by atoms with Crippen molar-refractivity contribution in [2.75, 3.05) is 25.5 Å². The summed E-state index contributed by atoms with van der Waals surface area (Å²) in [5, 5.41) is 23.1. The van der Waals surface area contributed by atoms with Gasteiger partial charge in [-0.1, -0.05) is 23.7 Å². The number of nitrogens with zero attached hydrogens (tertiary/aromatic N) is 2. The fourth-order valence-corrected chi connectivity index (χ4v) is 6.53. The summed E-state index contributed by atoms with van der Waals surface area (Å²) in [5.74, 6) is -1.76. The molecule has 1 aliphatic carbocycles. The topological polar surface area (TPSA) is 135 Å². The molecule has 3 aromatic rings. The highest BCUT2D eigenvalue weighted by molar-refractivity contribution is 6.31. The second kappa shape index (κ2) is 14.1. The molecular formula is C34H38ClN5O5. The SMILES string of the molecule is COC(=O)C1=C(C)NC(C)=C(C(=O)NCCCCCNc2c3c(nc4cc(Cl)ccc24)CCCC3)C1c1cccc([N+](=O)[O-])c1. The van der Waals surface area contributed by atoms with Crippen LogP contribution >= 0.6 is 11.6 Å². The number of aryl methyl sites for hydroxylation is 1. The van der Waals surface area contributed by atoms with Gasteiger partial charge in [0.1, 0.15) is 0 Å². The average Bonchev–Trinajstić information content (AvgIpc) is 3.02. The summed E-state index contributed by atoms with van der Waals surface area (Å²) in [6, 6.07) is 11.9. The van der Waals surface area contributed by atoms with Gasteiger partial charge in [-0.15, -0.1) is 0 Å². The molecule has 0 radical (unpaired) electrons. The van der Waals surface area contributed by atoms with E-state index >= 15 is 0 Å². The number of aromatic nitrogens is 1. The van der Waals surface area contributed by atoms with Gasteiger partial charge in [0.25, 0.3) is 5.69 Å². The van der Waals surface area contributed by atoms with Crippen molar-refractivity contribution in [2.24, 2.45) is 0 Å². The lowest BCUT2D eigenvalue weighted by atomic mass is 9.80. The van der Waals surface area contributed by atoms with Crippen molar-refractivity contribution in [1.82, 2.24) is 15.6 Å². The van der Waals surface area contributed by atoms with E-state index in [0.717, 1.165) is 73.8 Å². The van der Waals surface area contributed by atoms with Gasteiger partial charge in [-0.25, -0.2) is 4.79 Å². The number of pyridine rings is 1. The van der Waals surface area contributed by atoms with Gasteiger partial charge in [-0.05, 0) is 88.1 Å². The van der Waals surface area contributed by atoms with E-state index in [1.807, 2.05) is 18.2 Å². The average molecular weight is 632 g/mol. The number of ether oxygens (including phenoxy) is 1. The smallest absolute Gasteiger partial charge is 0.336 e. The van der Waals surface area contributed by atoms with Gasteiger partial charge < -0.3 is 20.7 Å². The molecule has 0 fully saturated rings. The molecule has 5 rings (SSSR count). The molecule has 236 valence electrons. The molecule has 0 saturated carbocycles. The summed E-state index contributed by atoms with van der Waals surface area (Å²) < 4.78 is 5.04. The molecule has 0 spiro atoms. The number of nitro benzene ring substituents is 1. The number of amides is 1. The van der Waals surface area contributed by atoms with Crippen molar-refractivity contribution in [3.05, 3.63) is 97.0 Å². The highest BCUT2D eigenvalue weighted by Crippen LogP contribution is 2.40. The Balaban J connectivity index is 1.22. The summed E-state index contributed by atoms with van der Waals surface area (Å²) in [6.07, 6.45) is 6.87. The summed E-state index contributed by atoms with van der Waals surface area (Å²) in [7, 11) is 1.27.